The number of halogens is 1. The molecule has 0 spiro atoms. The summed E-state index contributed by atoms with van der Waals surface area (Å²) in [6, 6.07) is 12.9. The van der Waals surface area contributed by atoms with Crippen molar-refractivity contribution < 1.29 is 19.5 Å². The van der Waals surface area contributed by atoms with Gasteiger partial charge in [0.25, 0.3) is 0 Å². The minimum atomic E-state index is -1.15. The SMILES string of the molecule is CC(NC(=O)Nc1cccc(Cl)c1)C(=O)NC(Cc1ccccc1)C(=O)O. The van der Waals surface area contributed by atoms with Gasteiger partial charge in [-0.15, -0.1) is 0 Å². The van der Waals surface area contributed by atoms with Gasteiger partial charge in [0.1, 0.15) is 12.1 Å². The number of hydrogen-bond acceptors (Lipinski definition) is 3. The molecule has 0 radical (unpaired) electrons. The summed E-state index contributed by atoms with van der Waals surface area (Å²) in [5.74, 6) is -1.75. The average Bonchev–Trinajstić information content (AvgIpc) is 2.61. The molecule has 3 amide bonds. The van der Waals surface area contributed by atoms with Crippen LogP contribution < -0.4 is 16.0 Å². The second kappa shape index (κ2) is 9.59. The summed E-state index contributed by atoms with van der Waals surface area (Å²) in [6.07, 6.45) is 0.142. The number of rotatable bonds is 7. The van der Waals surface area contributed by atoms with Crippen LogP contribution in [0.2, 0.25) is 5.02 Å². The first kappa shape index (κ1) is 20.3. The first-order valence-corrected chi connectivity index (χ1v) is 8.63. The van der Waals surface area contributed by atoms with Gasteiger partial charge >= 0.3 is 12.0 Å². The van der Waals surface area contributed by atoms with Crippen molar-refractivity contribution in [3.05, 3.63) is 65.2 Å². The number of carbonyl (C=O) groups is 3. The molecular formula is C19H20ClN3O4. The van der Waals surface area contributed by atoms with Crippen molar-refractivity contribution in [3.8, 4) is 0 Å². The summed E-state index contributed by atoms with van der Waals surface area (Å²) in [4.78, 5) is 35.7. The molecule has 0 aromatic heterocycles. The van der Waals surface area contributed by atoms with Crippen LogP contribution in [0.5, 0.6) is 0 Å². The van der Waals surface area contributed by atoms with Crippen molar-refractivity contribution in [1.82, 2.24) is 10.6 Å². The Bertz CT molecular complexity index is 814. The molecule has 2 atom stereocenters. The monoisotopic (exact) mass is 389 g/mol. The average molecular weight is 390 g/mol. The molecule has 0 aliphatic rings. The fourth-order valence-electron chi connectivity index (χ4n) is 2.34. The Morgan fingerprint density at radius 3 is 2.37 bits per heavy atom. The molecule has 2 aromatic carbocycles. The number of urea groups is 1. The van der Waals surface area contributed by atoms with Crippen molar-refractivity contribution in [2.45, 2.75) is 25.4 Å². The van der Waals surface area contributed by atoms with Gasteiger partial charge in [0.05, 0.1) is 0 Å². The molecule has 4 N–H and O–H groups in total. The van der Waals surface area contributed by atoms with Gasteiger partial charge in [-0.1, -0.05) is 48.0 Å². The van der Waals surface area contributed by atoms with Crippen LogP contribution in [-0.2, 0) is 16.0 Å². The third kappa shape index (κ3) is 6.63. The highest BCUT2D eigenvalue weighted by Gasteiger charge is 2.24. The highest BCUT2D eigenvalue weighted by Crippen LogP contribution is 2.14. The molecule has 0 fully saturated rings. The van der Waals surface area contributed by atoms with E-state index in [1.165, 1.54) is 6.92 Å². The number of amides is 3. The number of carboxylic acid groups (broad SMARTS) is 1. The van der Waals surface area contributed by atoms with Gasteiger partial charge in [-0.05, 0) is 30.7 Å². The van der Waals surface area contributed by atoms with Crippen molar-refractivity contribution in [2.75, 3.05) is 5.32 Å². The second-order valence-electron chi connectivity index (χ2n) is 5.92. The molecule has 0 heterocycles. The van der Waals surface area contributed by atoms with Crippen LogP contribution in [-0.4, -0.2) is 35.1 Å². The van der Waals surface area contributed by atoms with E-state index in [4.69, 9.17) is 11.6 Å². The Hall–Kier alpha value is -3.06. The number of carboxylic acids is 1. The van der Waals surface area contributed by atoms with Gasteiger partial charge < -0.3 is 21.1 Å². The van der Waals surface area contributed by atoms with Gasteiger partial charge in [-0.3, -0.25) is 4.79 Å². The summed E-state index contributed by atoms with van der Waals surface area (Å²) in [5, 5.41) is 17.3. The smallest absolute Gasteiger partial charge is 0.326 e. The van der Waals surface area contributed by atoms with Crippen molar-refractivity contribution in [1.29, 1.82) is 0 Å². The van der Waals surface area contributed by atoms with E-state index in [1.54, 1.807) is 48.5 Å². The minimum Gasteiger partial charge on any atom is -0.480 e. The predicted molar refractivity (Wildman–Crippen MR) is 103 cm³/mol. The number of aliphatic carboxylic acids is 1. The minimum absolute atomic E-state index is 0.142. The lowest BCUT2D eigenvalue weighted by molar-refractivity contribution is -0.142. The molecule has 0 aliphatic carbocycles. The van der Waals surface area contributed by atoms with Crippen molar-refractivity contribution >= 4 is 35.2 Å². The van der Waals surface area contributed by atoms with Crippen molar-refractivity contribution in [2.24, 2.45) is 0 Å². The number of anilines is 1. The van der Waals surface area contributed by atoms with Crippen LogP contribution in [0.1, 0.15) is 12.5 Å². The largest absolute Gasteiger partial charge is 0.480 e. The highest BCUT2D eigenvalue weighted by atomic mass is 35.5. The summed E-state index contributed by atoms with van der Waals surface area (Å²) in [7, 11) is 0. The van der Waals surface area contributed by atoms with Crippen LogP contribution >= 0.6 is 11.6 Å². The van der Waals surface area contributed by atoms with Crippen molar-refractivity contribution in [3.63, 3.8) is 0 Å². The first-order valence-electron chi connectivity index (χ1n) is 8.25. The molecule has 7 nitrogen and oxygen atoms in total. The second-order valence-corrected chi connectivity index (χ2v) is 6.36. The van der Waals surface area contributed by atoms with Gasteiger partial charge in [0.2, 0.25) is 5.91 Å². The molecule has 2 unspecified atom stereocenters. The lowest BCUT2D eigenvalue weighted by Gasteiger charge is -2.19. The van der Waals surface area contributed by atoms with Gasteiger partial charge in [-0.25, -0.2) is 9.59 Å². The predicted octanol–water partition coefficient (Wildman–Crippen LogP) is 2.66. The molecule has 8 heteroatoms. The maximum absolute atomic E-state index is 12.3. The Balaban J connectivity index is 1.90. The quantitative estimate of drug-likeness (QED) is 0.583. The number of carbonyl (C=O) groups excluding carboxylic acids is 2. The molecule has 0 saturated heterocycles. The summed E-state index contributed by atoms with van der Waals surface area (Å²) in [5.41, 5.74) is 1.25. The normalized spacial score (nSPS) is 12.5. The van der Waals surface area contributed by atoms with E-state index in [9.17, 15) is 19.5 Å². The van der Waals surface area contributed by atoms with E-state index in [-0.39, 0.29) is 6.42 Å². The fourth-order valence-corrected chi connectivity index (χ4v) is 2.53. The fraction of sp³-hybridized carbons (Fsp3) is 0.211. The molecule has 0 aliphatic heterocycles. The Morgan fingerprint density at radius 1 is 1.04 bits per heavy atom. The lowest BCUT2D eigenvalue weighted by atomic mass is 10.1. The maximum atomic E-state index is 12.3. The molecule has 2 rings (SSSR count). The third-order valence-electron chi connectivity index (χ3n) is 3.72. The zero-order valence-electron chi connectivity index (χ0n) is 14.6. The topological polar surface area (TPSA) is 108 Å². The van der Waals surface area contributed by atoms with E-state index in [0.29, 0.717) is 10.7 Å². The van der Waals surface area contributed by atoms with Gasteiger partial charge in [-0.2, -0.15) is 0 Å². The number of nitrogens with one attached hydrogen (secondary N) is 3. The van der Waals surface area contributed by atoms with Crippen LogP contribution in [0.25, 0.3) is 0 Å². The van der Waals surface area contributed by atoms with Crippen LogP contribution in [0.15, 0.2) is 54.6 Å². The molecule has 0 bridgehead atoms. The molecule has 142 valence electrons. The molecular weight excluding hydrogens is 370 g/mol. The molecule has 27 heavy (non-hydrogen) atoms. The van der Waals surface area contributed by atoms with Gasteiger partial charge in [0, 0.05) is 17.1 Å². The Labute approximate surface area is 161 Å². The highest BCUT2D eigenvalue weighted by molar-refractivity contribution is 6.30. The zero-order valence-corrected chi connectivity index (χ0v) is 15.4. The number of benzene rings is 2. The third-order valence-corrected chi connectivity index (χ3v) is 3.96. The zero-order chi connectivity index (χ0) is 19.8. The summed E-state index contributed by atoms with van der Waals surface area (Å²) in [6.45, 7) is 1.47. The summed E-state index contributed by atoms with van der Waals surface area (Å²) >= 11 is 5.85. The van der Waals surface area contributed by atoms with E-state index < -0.39 is 30.0 Å². The maximum Gasteiger partial charge on any atom is 0.326 e. The number of hydrogen-bond donors (Lipinski definition) is 4. The van der Waals surface area contributed by atoms with E-state index in [1.807, 2.05) is 6.07 Å². The van der Waals surface area contributed by atoms with E-state index >= 15 is 0 Å². The first-order chi connectivity index (χ1) is 12.8. The van der Waals surface area contributed by atoms with E-state index in [0.717, 1.165) is 5.56 Å². The van der Waals surface area contributed by atoms with Crippen LogP contribution in [0.3, 0.4) is 0 Å². The standard InChI is InChI=1S/C19H20ClN3O4/c1-12(21-19(27)22-15-9-5-8-14(20)11-15)17(24)23-16(18(25)26)10-13-6-3-2-4-7-13/h2-9,11-12,16H,10H2,1H3,(H,23,24)(H,25,26)(H2,21,22,27). The molecule has 2 aromatic rings. The van der Waals surface area contributed by atoms with Gasteiger partial charge in [0.15, 0.2) is 0 Å². The van der Waals surface area contributed by atoms with Crippen LogP contribution in [0.4, 0.5) is 10.5 Å². The Kier molecular flexibility index (Phi) is 7.19. The van der Waals surface area contributed by atoms with Crippen LogP contribution in [0, 0.1) is 0 Å². The van der Waals surface area contributed by atoms with E-state index in [2.05, 4.69) is 16.0 Å². The molecule has 0 saturated carbocycles. The lowest BCUT2D eigenvalue weighted by Crippen LogP contribution is -2.51. The summed E-state index contributed by atoms with van der Waals surface area (Å²) < 4.78 is 0. The Morgan fingerprint density at radius 2 is 1.74 bits per heavy atom.